The van der Waals surface area contributed by atoms with E-state index in [1.807, 2.05) is 0 Å². The smallest absolute Gasteiger partial charge is 0.152 e. The molecular weight excluding hydrogens is 154 g/mol. The van der Waals surface area contributed by atoms with Crippen molar-refractivity contribution in [1.82, 2.24) is 4.98 Å². The first-order valence-electron chi connectivity index (χ1n) is 4.23. The van der Waals surface area contributed by atoms with E-state index in [1.165, 1.54) is 29.8 Å². The van der Waals surface area contributed by atoms with Gasteiger partial charge in [-0.1, -0.05) is 26.7 Å². The molecule has 0 fully saturated rings. The molecule has 0 bridgehead atoms. The minimum absolute atomic E-state index is 1.12. The summed E-state index contributed by atoms with van der Waals surface area (Å²) in [7, 11) is 0. The van der Waals surface area contributed by atoms with Crippen molar-refractivity contribution in [3.63, 3.8) is 0 Å². The van der Waals surface area contributed by atoms with Crippen LogP contribution in [0.15, 0.2) is 0 Å². The van der Waals surface area contributed by atoms with E-state index in [4.69, 9.17) is 0 Å². The molecule has 2 heteroatoms. The molecule has 0 amide bonds. The normalized spacial score (nSPS) is 10.4. The topological polar surface area (TPSA) is 12.9 Å². The average Bonchev–Trinajstić information content (AvgIpc) is 2.39. The highest BCUT2D eigenvalue weighted by Crippen LogP contribution is 2.15. The van der Waals surface area contributed by atoms with Gasteiger partial charge in [-0.25, -0.2) is 4.98 Å². The van der Waals surface area contributed by atoms with Crippen LogP contribution in [-0.4, -0.2) is 4.98 Å². The van der Waals surface area contributed by atoms with E-state index >= 15 is 0 Å². The monoisotopic (exact) mass is 168 g/mol. The van der Waals surface area contributed by atoms with Crippen LogP contribution in [0.3, 0.4) is 0 Å². The summed E-state index contributed by atoms with van der Waals surface area (Å²) in [6, 6.07) is 0. The number of aryl methyl sites for hydroxylation is 2. The van der Waals surface area contributed by atoms with Crippen molar-refractivity contribution in [3.8, 4) is 0 Å². The molecule has 0 saturated carbocycles. The van der Waals surface area contributed by atoms with Crippen LogP contribution in [0.5, 0.6) is 0 Å². The number of rotatable bonds is 4. The molecule has 1 heterocycles. The third-order valence-electron chi connectivity index (χ3n) is 1.64. The Hall–Kier alpha value is -0.370. The van der Waals surface area contributed by atoms with Crippen molar-refractivity contribution in [2.45, 2.75) is 39.5 Å². The molecule has 1 nitrogen and oxygen atoms in total. The fourth-order valence-corrected chi connectivity index (χ4v) is 1.95. The largest absolute Gasteiger partial charge is 0.238 e. The van der Waals surface area contributed by atoms with Gasteiger partial charge in [-0.05, 0) is 12.8 Å². The lowest BCUT2D eigenvalue weighted by atomic mass is 10.2. The average molecular weight is 168 g/mol. The Morgan fingerprint density at radius 1 is 1.27 bits per heavy atom. The summed E-state index contributed by atoms with van der Waals surface area (Å²) in [5.41, 5.74) is 4.24. The quantitative estimate of drug-likeness (QED) is 0.673. The minimum Gasteiger partial charge on any atom is -0.238 e. The first kappa shape index (κ1) is 8.72. The molecule has 0 aliphatic carbocycles. The summed E-state index contributed by atoms with van der Waals surface area (Å²) in [6.07, 6.45) is 4.70. The zero-order chi connectivity index (χ0) is 8.10. The third kappa shape index (κ3) is 2.29. The SMILES string of the molecule is CCCc1n[c]sc1CCC. The third-order valence-corrected chi connectivity index (χ3v) is 2.50. The number of aromatic nitrogens is 1. The van der Waals surface area contributed by atoms with E-state index in [0.29, 0.717) is 0 Å². The molecule has 1 aromatic heterocycles. The lowest BCUT2D eigenvalue weighted by Crippen LogP contribution is -1.89. The van der Waals surface area contributed by atoms with Gasteiger partial charge in [0, 0.05) is 4.88 Å². The number of nitrogens with zero attached hydrogens (tertiary/aromatic N) is 1. The summed E-state index contributed by atoms with van der Waals surface area (Å²) < 4.78 is 0. The molecule has 1 rings (SSSR count). The first-order valence-corrected chi connectivity index (χ1v) is 5.04. The Labute approximate surface area is 72.5 Å². The van der Waals surface area contributed by atoms with Crippen LogP contribution in [0.2, 0.25) is 0 Å². The van der Waals surface area contributed by atoms with E-state index < -0.39 is 0 Å². The van der Waals surface area contributed by atoms with Gasteiger partial charge in [0.25, 0.3) is 0 Å². The molecule has 11 heavy (non-hydrogen) atoms. The molecule has 0 atom stereocenters. The maximum Gasteiger partial charge on any atom is 0.152 e. The number of thiazole rings is 1. The minimum atomic E-state index is 1.12. The molecule has 0 N–H and O–H groups in total. The molecule has 0 aromatic carbocycles. The van der Waals surface area contributed by atoms with E-state index in [9.17, 15) is 0 Å². The summed E-state index contributed by atoms with van der Waals surface area (Å²) in [4.78, 5) is 5.66. The van der Waals surface area contributed by atoms with E-state index in [2.05, 4.69) is 24.3 Å². The predicted octanol–water partition coefficient (Wildman–Crippen LogP) is 2.85. The zero-order valence-electron chi connectivity index (χ0n) is 7.18. The lowest BCUT2D eigenvalue weighted by Gasteiger charge is -1.96. The van der Waals surface area contributed by atoms with Crippen LogP contribution in [0.4, 0.5) is 0 Å². The van der Waals surface area contributed by atoms with Crippen molar-refractivity contribution in [1.29, 1.82) is 0 Å². The molecule has 0 spiro atoms. The van der Waals surface area contributed by atoms with Gasteiger partial charge in [-0.3, -0.25) is 0 Å². The second kappa shape index (κ2) is 4.50. The van der Waals surface area contributed by atoms with Gasteiger partial charge in [-0.15, -0.1) is 11.3 Å². The van der Waals surface area contributed by atoms with E-state index in [1.54, 1.807) is 11.3 Å². The summed E-state index contributed by atoms with van der Waals surface area (Å²) >= 11 is 1.68. The van der Waals surface area contributed by atoms with Gasteiger partial charge in [0.1, 0.15) is 0 Å². The number of hydrogen-bond acceptors (Lipinski definition) is 2. The van der Waals surface area contributed by atoms with Crippen molar-refractivity contribution in [2.75, 3.05) is 0 Å². The summed E-state index contributed by atoms with van der Waals surface area (Å²) in [5.74, 6) is 0. The Balaban J connectivity index is 2.62. The molecule has 0 unspecified atom stereocenters. The van der Waals surface area contributed by atoms with Gasteiger partial charge >= 0.3 is 0 Å². The Bertz CT molecular complexity index is 185. The zero-order valence-corrected chi connectivity index (χ0v) is 8.00. The molecule has 0 aliphatic rings. The van der Waals surface area contributed by atoms with Crippen LogP contribution >= 0.6 is 11.3 Å². The molecule has 61 valence electrons. The van der Waals surface area contributed by atoms with Gasteiger partial charge in [0.05, 0.1) is 5.69 Å². The second-order valence-corrected chi connectivity index (χ2v) is 3.55. The van der Waals surface area contributed by atoms with Crippen molar-refractivity contribution in [2.24, 2.45) is 0 Å². The molecule has 1 aromatic rings. The first-order chi connectivity index (χ1) is 5.38. The van der Waals surface area contributed by atoms with Gasteiger partial charge in [-0.2, -0.15) is 0 Å². The highest BCUT2D eigenvalue weighted by Gasteiger charge is 2.03. The highest BCUT2D eigenvalue weighted by molar-refractivity contribution is 7.09. The summed E-state index contributed by atoms with van der Waals surface area (Å²) in [6.45, 7) is 4.39. The predicted molar refractivity (Wildman–Crippen MR) is 48.9 cm³/mol. The van der Waals surface area contributed by atoms with E-state index in [0.717, 1.165) is 6.42 Å². The van der Waals surface area contributed by atoms with Crippen molar-refractivity contribution < 1.29 is 0 Å². The Morgan fingerprint density at radius 3 is 2.64 bits per heavy atom. The molecular formula is C9H14NS. The maximum absolute atomic E-state index is 4.22. The van der Waals surface area contributed by atoms with Gasteiger partial charge in [0.2, 0.25) is 0 Å². The van der Waals surface area contributed by atoms with Crippen LogP contribution in [0, 0.1) is 5.51 Å². The number of hydrogen-bond donors (Lipinski definition) is 0. The van der Waals surface area contributed by atoms with E-state index in [-0.39, 0.29) is 0 Å². The van der Waals surface area contributed by atoms with Gasteiger partial charge < -0.3 is 0 Å². The fourth-order valence-electron chi connectivity index (χ4n) is 1.11. The fraction of sp³-hybridized carbons (Fsp3) is 0.667. The van der Waals surface area contributed by atoms with Gasteiger partial charge in [0.15, 0.2) is 5.51 Å². The second-order valence-electron chi connectivity index (χ2n) is 2.68. The Morgan fingerprint density at radius 2 is 2.00 bits per heavy atom. The standard InChI is InChI=1S/C9H14NS/c1-3-5-8-9(6-4-2)11-7-10-8/h3-6H2,1-2H3. The molecule has 0 saturated heterocycles. The van der Waals surface area contributed by atoms with Crippen LogP contribution in [0.25, 0.3) is 0 Å². The van der Waals surface area contributed by atoms with Crippen molar-refractivity contribution in [3.05, 3.63) is 16.1 Å². The maximum atomic E-state index is 4.22. The summed E-state index contributed by atoms with van der Waals surface area (Å²) in [5, 5.41) is 0. The Kier molecular flexibility index (Phi) is 3.57. The van der Waals surface area contributed by atoms with Crippen LogP contribution < -0.4 is 0 Å². The lowest BCUT2D eigenvalue weighted by molar-refractivity contribution is 0.850. The van der Waals surface area contributed by atoms with Crippen LogP contribution in [0.1, 0.15) is 37.3 Å². The van der Waals surface area contributed by atoms with Crippen molar-refractivity contribution >= 4 is 11.3 Å². The van der Waals surface area contributed by atoms with Crippen LogP contribution in [-0.2, 0) is 12.8 Å². The molecule has 1 radical (unpaired) electrons. The highest BCUT2D eigenvalue weighted by atomic mass is 32.1. The molecule has 0 aliphatic heterocycles.